The number of methoxy groups -OCH3 is 1. The molecule has 11 heavy (non-hydrogen) atoms. The number of rotatable bonds is 2. The average molecular weight is 157 g/mol. The predicted molar refractivity (Wildman–Crippen MR) is 41.0 cm³/mol. The predicted octanol–water partition coefficient (Wildman–Crippen LogP) is -0.0492. The molecule has 64 valence electrons. The summed E-state index contributed by atoms with van der Waals surface area (Å²) in [5.74, 6) is 0.659. The minimum atomic E-state index is -0.533. The van der Waals surface area contributed by atoms with Gasteiger partial charge in [-0.25, -0.2) is 0 Å². The minimum absolute atomic E-state index is 0.125. The molecule has 3 nitrogen and oxygen atoms in total. The quantitative estimate of drug-likeness (QED) is 0.552. The number of hydrogen-bond donors (Lipinski definition) is 2. The van der Waals surface area contributed by atoms with Crippen LogP contribution in [0.5, 0.6) is 0 Å². The first kappa shape index (κ1) is 7.53. The van der Waals surface area contributed by atoms with Gasteiger partial charge in [-0.2, -0.15) is 0 Å². The van der Waals surface area contributed by atoms with Crippen molar-refractivity contribution in [3.63, 3.8) is 0 Å². The van der Waals surface area contributed by atoms with Crippen molar-refractivity contribution in [3.05, 3.63) is 0 Å². The Morgan fingerprint density at radius 3 is 3.18 bits per heavy atom. The topological polar surface area (TPSA) is 41.5 Å². The molecule has 3 atom stereocenters. The molecule has 2 unspecified atom stereocenters. The molecule has 0 radical (unpaired) electrons. The van der Waals surface area contributed by atoms with Gasteiger partial charge in [0.2, 0.25) is 0 Å². The van der Waals surface area contributed by atoms with Crippen molar-refractivity contribution in [1.82, 2.24) is 5.32 Å². The third-order valence-electron chi connectivity index (χ3n) is 3.15. The molecule has 0 aromatic heterocycles. The molecular weight excluding hydrogens is 142 g/mol. The monoisotopic (exact) mass is 157 g/mol. The molecule has 1 saturated heterocycles. The van der Waals surface area contributed by atoms with Gasteiger partial charge in [0, 0.05) is 12.5 Å². The molecule has 2 N–H and O–H groups in total. The molecule has 0 bridgehead atoms. The lowest BCUT2D eigenvalue weighted by Gasteiger charge is -2.26. The number of ether oxygens (including phenoxy) is 1. The highest BCUT2D eigenvalue weighted by Gasteiger charge is 2.59. The normalized spacial score (nSPS) is 44.7. The lowest BCUT2D eigenvalue weighted by atomic mass is 9.95. The van der Waals surface area contributed by atoms with Crippen LogP contribution in [0.25, 0.3) is 0 Å². The van der Waals surface area contributed by atoms with Crippen molar-refractivity contribution in [2.45, 2.75) is 19.1 Å². The molecule has 1 saturated carbocycles. The summed E-state index contributed by atoms with van der Waals surface area (Å²) >= 11 is 0. The second-order valence-corrected chi connectivity index (χ2v) is 3.68. The average Bonchev–Trinajstić information content (AvgIpc) is 2.78. The first-order valence-electron chi connectivity index (χ1n) is 4.21. The number of aliphatic hydroxyl groups is 1. The van der Waals surface area contributed by atoms with Gasteiger partial charge < -0.3 is 15.2 Å². The van der Waals surface area contributed by atoms with E-state index in [4.69, 9.17) is 4.74 Å². The van der Waals surface area contributed by atoms with Crippen molar-refractivity contribution >= 4 is 0 Å². The first-order chi connectivity index (χ1) is 5.29. The van der Waals surface area contributed by atoms with E-state index in [0.29, 0.717) is 5.92 Å². The zero-order chi connectivity index (χ0) is 7.90. The van der Waals surface area contributed by atoms with E-state index in [0.717, 1.165) is 25.9 Å². The second-order valence-electron chi connectivity index (χ2n) is 3.68. The third kappa shape index (κ3) is 0.991. The maximum atomic E-state index is 9.53. The van der Waals surface area contributed by atoms with Crippen LogP contribution >= 0.6 is 0 Å². The summed E-state index contributed by atoms with van der Waals surface area (Å²) in [5, 5.41) is 12.8. The van der Waals surface area contributed by atoms with Gasteiger partial charge in [0.1, 0.15) is 0 Å². The summed E-state index contributed by atoms with van der Waals surface area (Å²) in [4.78, 5) is 0. The van der Waals surface area contributed by atoms with E-state index in [9.17, 15) is 5.11 Å². The minimum Gasteiger partial charge on any atom is -0.367 e. The third-order valence-corrected chi connectivity index (χ3v) is 3.15. The maximum Gasteiger partial charge on any atom is 0.160 e. The molecule has 2 aliphatic rings. The number of piperidine rings is 1. The van der Waals surface area contributed by atoms with Gasteiger partial charge >= 0.3 is 0 Å². The lowest BCUT2D eigenvalue weighted by molar-refractivity contribution is -0.132. The standard InChI is InChI=1S/C8H15NO2/c1-11-7(10)8-2-3-9-5-6(8)4-8/h6-7,9-10H,2-5H2,1H3/t6?,7-,8?/m1/s1. The number of nitrogens with one attached hydrogen (secondary N) is 1. The zero-order valence-corrected chi connectivity index (χ0v) is 6.84. The second kappa shape index (κ2) is 2.44. The Hall–Kier alpha value is -0.120. The molecule has 0 aromatic carbocycles. The van der Waals surface area contributed by atoms with E-state index in [2.05, 4.69) is 5.32 Å². The highest BCUT2D eigenvalue weighted by molar-refractivity contribution is 5.07. The number of aliphatic hydroxyl groups excluding tert-OH is 1. The summed E-state index contributed by atoms with van der Waals surface area (Å²) in [6.45, 7) is 2.08. The van der Waals surface area contributed by atoms with Crippen molar-refractivity contribution in [1.29, 1.82) is 0 Å². The van der Waals surface area contributed by atoms with Crippen molar-refractivity contribution in [2.75, 3.05) is 20.2 Å². The Bertz CT molecular complexity index is 162. The molecule has 1 heterocycles. The van der Waals surface area contributed by atoms with Crippen LogP contribution in [0.2, 0.25) is 0 Å². The Balaban J connectivity index is 2.01. The fourth-order valence-corrected chi connectivity index (χ4v) is 2.24. The summed E-state index contributed by atoms with van der Waals surface area (Å²) in [6.07, 6.45) is 1.66. The van der Waals surface area contributed by atoms with Crippen molar-refractivity contribution < 1.29 is 9.84 Å². The SMILES string of the molecule is CO[C@@H](O)C12CCNCC1C2. The Kier molecular flexibility index (Phi) is 1.67. The molecule has 1 aliphatic carbocycles. The smallest absolute Gasteiger partial charge is 0.160 e. The van der Waals surface area contributed by atoms with E-state index < -0.39 is 6.29 Å². The molecule has 3 heteroatoms. The summed E-state index contributed by atoms with van der Waals surface area (Å²) in [6, 6.07) is 0. The van der Waals surface area contributed by atoms with Gasteiger partial charge in [-0.15, -0.1) is 0 Å². The van der Waals surface area contributed by atoms with Crippen LogP contribution in [0, 0.1) is 11.3 Å². The van der Waals surface area contributed by atoms with Crippen LogP contribution in [-0.2, 0) is 4.74 Å². The van der Waals surface area contributed by atoms with Crippen LogP contribution in [0.15, 0.2) is 0 Å². The Labute approximate surface area is 66.7 Å². The first-order valence-corrected chi connectivity index (χ1v) is 4.21. The van der Waals surface area contributed by atoms with Crippen LogP contribution in [0.1, 0.15) is 12.8 Å². The Morgan fingerprint density at radius 2 is 2.55 bits per heavy atom. The van der Waals surface area contributed by atoms with Gasteiger partial charge in [-0.3, -0.25) is 0 Å². The van der Waals surface area contributed by atoms with Crippen LogP contribution in [-0.4, -0.2) is 31.6 Å². The largest absolute Gasteiger partial charge is 0.367 e. The molecular formula is C8H15NO2. The number of hydrogen-bond acceptors (Lipinski definition) is 3. The lowest BCUT2D eigenvalue weighted by Crippen LogP contribution is -2.36. The summed E-state index contributed by atoms with van der Waals surface area (Å²) < 4.78 is 4.96. The van der Waals surface area contributed by atoms with Crippen LogP contribution in [0.4, 0.5) is 0 Å². The molecule has 1 aliphatic heterocycles. The molecule has 2 rings (SSSR count). The van der Waals surface area contributed by atoms with E-state index in [-0.39, 0.29) is 5.41 Å². The fraction of sp³-hybridized carbons (Fsp3) is 1.00. The van der Waals surface area contributed by atoms with E-state index in [1.807, 2.05) is 0 Å². The van der Waals surface area contributed by atoms with Gasteiger partial charge in [-0.05, 0) is 31.8 Å². The molecule has 0 spiro atoms. The van der Waals surface area contributed by atoms with E-state index >= 15 is 0 Å². The highest BCUT2D eigenvalue weighted by Crippen LogP contribution is 2.58. The number of fused-ring (bicyclic) bond motifs is 1. The van der Waals surface area contributed by atoms with Gasteiger partial charge in [0.15, 0.2) is 6.29 Å². The summed E-state index contributed by atoms with van der Waals surface area (Å²) in [5.41, 5.74) is 0.125. The summed E-state index contributed by atoms with van der Waals surface area (Å²) in [7, 11) is 1.58. The van der Waals surface area contributed by atoms with Crippen molar-refractivity contribution in [3.8, 4) is 0 Å². The van der Waals surface area contributed by atoms with Gasteiger partial charge in [0.05, 0.1) is 0 Å². The van der Waals surface area contributed by atoms with E-state index in [1.165, 1.54) is 0 Å². The highest BCUT2D eigenvalue weighted by atomic mass is 16.6. The fourth-order valence-electron chi connectivity index (χ4n) is 2.24. The van der Waals surface area contributed by atoms with Crippen LogP contribution < -0.4 is 5.32 Å². The zero-order valence-electron chi connectivity index (χ0n) is 6.84. The van der Waals surface area contributed by atoms with Crippen LogP contribution in [0.3, 0.4) is 0 Å². The molecule has 0 amide bonds. The maximum absolute atomic E-state index is 9.53. The van der Waals surface area contributed by atoms with Crippen molar-refractivity contribution in [2.24, 2.45) is 11.3 Å². The van der Waals surface area contributed by atoms with Gasteiger partial charge in [0.25, 0.3) is 0 Å². The van der Waals surface area contributed by atoms with Gasteiger partial charge in [-0.1, -0.05) is 0 Å². The molecule has 2 fully saturated rings. The Morgan fingerprint density at radius 1 is 1.73 bits per heavy atom. The van der Waals surface area contributed by atoms with E-state index in [1.54, 1.807) is 7.11 Å². The molecule has 0 aromatic rings.